The Morgan fingerprint density at radius 1 is 1.62 bits per heavy atom. The van der Waals surface area contributed by atoms with Gasteiger partial charge in [0.15, 0.2) is 5.78 Å². The van der Waals surface area contributed by atoms with E-state index in [1.165, 1.54) is 29.7 Å². The molecule has 1 nitrogen and oxygen atoms in total. The summed E-state index contributed by atoms with van der Waals surface area (Å²) in [6, 6.07) is 2.10. The Bertz CT molecular complexity index is 338. The summed E-state index contributed by atoms with van der Waals surface area (Å²) >= 11 is 1.70. The predicted molar refractivity (Wildman–Crippen MR) is 55.5 cm³/mol. The summed E-state index contributed by atoms with van der Waals surface area (Å²) in [5, 5.41) is 0. The number of fused-ring (bicyclic) bond motifs is 1. The number of hydrogen-bond donors (Lipinski definition) is 0. The number of carbonyl (C=O) groups is 1. The molecule has 2 heteroatoms. The molecule has 1 aliphatic rings. The molecule has 0 saturated heterocycles. The fraction of sp³-hybridized carbons (Fsp3) is 0.545. The summed E-state index contributed by atoms with van der Waals surface area (Å²) in [5.41, 5.74) is 1.42. The second-order valence-electron chi connectivity index (χ2n) is 3.96. The third-order valence-electron chi connectivity index (χ3n) is 2.68. The zero-order valence-corrected chi connectivity index (χ0v) is 8.91. The van der Waals surface area contributed by atoms with Gasteiger partial charge in [-0.1, -0.05) is 6.92 Å². The van der Waals surface area contributed by atoms with Gasteiger partial charge >= 0.3 is 0 Å². The lowest BCUT2D eigenvalue weighted by Crippen LogP contribution is -2.08. The van der Waals surface area contributed by atoms with Crippen LogP contribution in [0.2, 0.25) is 0 Å². The molecule has 13 heavy (non-hydrogen) atoms. The van der Waals surface area contributed by atoms with Crippen molar-refractivity contribution in [2.24, 2.45) is 5.92 Å². The van der Waals surface area contributed by atoms with E-state index in [2.05, 4.69) is 13.0 Å². The molecule has 0 radical (unpaired) electrons. The molecule has 70 valence electrons. The van der Waals surface area contributed by atoms with Gasteiger partial charge in [0.2, 0.25) is 0 Å². The first-order valence-electron chi connectivity index (χ1n) is 4.79. The van der Waals surface area contributed by atoms with Crippen molar-refractivity contribution in [1.82, 2.24) is 0 Å². The molecule has 0 amide bonds. The van der Waals surface area contributed by atoms with Gasteiger partial charge in [-0.2, -0.15) is 0 Å². The quantitative estimate of drug-likeness (QED) is 0.628. The van der Waals surface area contributed by atoms with Gasteiger partial charge < -0.3 is 0 Å². The van der Waals surface area contributed by atoms with Crippen molar-refractivity contribution in [3.63, 3.8) is 0 Å². The molecule has 0 fully saturated rings. The molecule has 0 bridgehead atoms. The molecule has 0 aromatic carbocycles. The lowest BCUT2D eigenvalue weighted by molar-refractivity contribution is 0.102. The Labute approximate surface area is 82.8 Å². The summed E-state index contributed by atoms with van der Waals surface area (Å²) in [7, 11) is 0. The monoisotopic (exact) mass is 194 g/mol. The van der Waals surface area contributed by atoms with Crippen LogP contribution in [0.1, 0.15) is 40.4 Å². The van der Waals surface area contributed by atoms with Crippen molar-refractivity contribution in [2.45, 2.75) is 33.1 Å². The molecule has 0 spiro atoms. The Morgan fingerprint density at radius 2 is 2.38 bits per heavy atom. The molecule has 0 saturated carbocycles. The Morgan fingerprint density at radius 3 is 3.08 bits per heavy atom. The van der Waals surface area contributed by atoms with Gasteiger partial charge in [-0.25, -0.2) is 0 Å². The molecular formula is C11H14OS. The first-order valence-corrected chi connectivity index (χ1v) is 5.61. The molecule has 1 heterocycles. The topological polar surface area (TPSA) is 17.1 Å². The van der Waals surface area contributed by atoms with Gasteiger partial charge in [0, 0.05) is 4.88 Å². The van der Waals surface area contributed by atoms with Crippen LogP contribution in [-0.2, 0) is 12.8 Å². The van der Waals surface area contributed by atoms with E-state index in [0.29, 0.717) is 0 Å². The van der Waals surface area contributed by atoms with E-state index in [1.807, 2.05) is 0 Å². The largest absolute Gasteiger partial charge is 0.294 e. The second-order valence-corrected chi connectivity index (χ2v) is 5.10. The van der Waals surface area contributed by atoms with Crippen molar-refractivity contribution in [1.29, 1.82) is 0 Å². The van der Waals surface area contributed by atoms with Crippen LogP contribution >= 0.6 is 11.3 Å². The van der Waals surface area contributed by atoms with Crippen molar-refractivity contribution in [3.05, 3.63) is 21.4 Å². The number of thiophene rings is 1. The number of Topliss-reactive ketones (excluding diaryl/α,β-unsaturated/α-hetero) is 1. The van der Waals surface area contributed by atoms with E-state index in [4.69, 9.17) is 0 Å². The van der Waals surface area contributed by atoms with Crippen molar-refractivity contribution >= 4 is 17.1 Å². The normalized spacial score (nSPS) is 21.2. The number of rotatable bonds is 1. The van der Waals surface area contributed by atoms with Crippen molar-refractivity contribution < 1.29 is 4.79 Å². The molecular weight excluding hydrogens is 180 g/mol. The minimum Gasteiger partial charge on any atom is -0.294 e. The van der Waals surface area contributed by atoms with Gasteiger partial charge in [-0.05, 0) is 43.7 Å². The number of hydrogen-bond acceptors (Lipinski definition) is 2. The minimum absolute atomic E-state index is 0.215. The fourth-order valence-corrected chi connectivity index (χ4v) is 2.98. The van der Waals surface area contributed by atoms with E-state index in [9.17, 15) is 4.79 Å². The fourth-order valence-electron chi connectivity index (χ4n) is 1.88. The van der Waals surface area contributed by atoms with Crippen LogP contribution < -0.4 is 0 Å². The number of ketones is 1. The van der Waals surface area contributed by atoms with Crippen LogP contribution in [0.4, 0.5) is 0 Å². The summed E-state index contributed by atoms with van der Waals surface area (Å²) in [6.07, 6.45) is 3.62. The van der Waals surface area contributed by atoms with E-state index in [-0.39, 0.29) is 5.78 Å². The lowest BCUT2D eigenvalue weighted by Gasteiger charge is -2.16. The third kappa shape index (κ3) is 1.68. The summed E-state index contributed by atoms with van der Waals surface area (Å²) < 4.78 is 0. The molecule has 1 aliphatic carbocycles. The molecule has 1 aromatic heterocycles. The highest BCUT2D eigenvalue weighted by atomic mass is 32.1. The third-order valence-corrected chi connectivity index (χ3v) is 4.01. The van der Waals surface area contributed by atoms with Crippen LogP contribution in [0.5, 0.6) is 0 Å². The second kappa shape index (κ2) is 3.26. The maximum atomic E-state index is 11.2. The molecule has 2 rings (SSSR count). The van der Waals surface area contributed by atoms with Gasteiger partial charge in [-0.15, -0.1) is 11.3 Å². The van der Waals surface area contributed by atoms with Crippen LogP contribution in [0.15, 0.2) is 6.07 Å². The molecule has 1 atom stereocenters. The molecule has 0 N–H and O–H groups in total. The van der Waals surface area contributed by atoms with Crippen molar-refractivity contribution in [3.8, 4) is 0 Å². The zero-order valence-electron chi connectivity index (χ0n) is 8.09. The highest BCUT2D eigenvalue weighted by Gasteiger charge is 2.18. The average molecular weight is 194 g/mol. The van der Waals surface area contributed by atoms with Gasteiger partial charge in [0.25, 0.3) is 0 Å². The Hall–Kier alpha value is -0.630. The van der Waals surface area contributed by atoms with E-state index in [0.717, 1.165) is 10.8 Å². The lowest BCUT2D eigenvalue weighted by atomic mass is 9.90. The molecule has 0 aliphatic heterocycles. The van der Waals surface area contributed by atoms with E-state index >= 15 is 0 Å². The van der Waals surface area contributed by atoms with Gasteiger partial charge in [-0.3, -0.25) is 4.79 Å². The Kier molecular flexibility index (Phi) is 2.24. The minimum atomic E-state index is 0.215. The summed E-state index contributed by atoms with van der Waals surface area (Å²) in [5.74, 6) is 1.01. The first kappa shape index (κ1) is 8.95. The molecule has 1 aromatic rings. The van der Waals surface area contributed by atoms with Gasteiger partial charge in [0.1, 0.15) is 0 Å². The standard InChI is InChI=1S/C11H14OS/c1-7-3-4-10-9(5-7)6-11(13-10)8(2)12/h6-7H,3-5H2,1-2H3. The van der Waals surface area contributed by atoms with Crippen LogP contribution in [-0.4, -0.2) is 5.78 Å². The van der Waals surface area contributed by atoms with E-state index in [1.54, 1.807) is 18.3 Å². The number of carbonyl (C=O) groups excluding carboxylic acids is 1. The van der Waals surface area contributed by atoms with Gasteiger partial charge in [0.05, 0.1) is 4.88 Å². The van der Waals surface area contributed by atoms with Crippen LogP contribution in [0.3, 0.4) is 0 Å². The maximum Gasteiger partial charge on any atom is 0.169 e. The SMILES string of the molecule is CC(=O)c1cc2c(s1)CCC(C)C2. The van der Waals surface area contributed by atoms with Crippen molar-refractivity contribution in [2.75, 3.05) is 0 Å². The summed E-state index contributed by atoms with van der Waals surface area (Å²) in [4.78, 5) is 13.5. The highest BCUT2D eigenvalue weighted by molar-refractivity contribution is 7.14. The van der Waals surface area contributed by atoms with E-state index < -0.39 is 0 Å². The smallest absolute Gasteiger partial charge is 0.169 e. The maximum absolute atomic E-state index is 11.2. The summed E-state index contributed by atoms with van der Waals surface area (Å²) in [6.45, 7) is 3.94. The number of aryl methyl sites for hydroxylation is 1. The zero-order chi connectivity index (χ0) is 9.42. The molecule has 1 unspecified atom stereocenters. The Balaban J connectivity index is 2.33. The predicted octanol–water partition coefficient (Wildman–Crippen LogP) is 3.08. The van der Waals surface area contributed by atoms with Crippen LogP contribution in [0, 0.1) is 5.92 Å². The highest BCUT2D eigenvalue weighted by Crippen LogP contribution is 2.32. The van der Waals surface area contributed by atoms with Crippen LogP contribution in [0.25, 0.3) is 0 Å². The first-order chi connectivity index (χ1) is 6.16. The average Bonchev–Trinajstić information content (AvgIpc) is 2.46.